The summed E-state index contributed by atoms with van der Waals surface area (Å²) in [4.78, 5) is 32.3. The SMILES string of the molecule is CCOC(=O)c1ccc(N2CCN(CC3=C(c4ccc(Cl)cc4)CCC(C)(CN4CCC[C@H](CC(=O)OC(C)(C)C)C4)C3)CC2)cc1. The highest BCUT2D eigenvalue weighted by atomic mass is 35.5. The Morgan fingerprint density at radius 1 is 0.957 bits per heavy atom. The normalized spacial score (nSPS) is 23.1. The molecule has 0 radical (unpaired) electrons. The Morgan fingerprint density at radius 2 is 1.66 bits per heavy atom. The molecule has 2 aromatic rings. The van der Waals surface area contributed by atoms with Gasteiger partial charge in [0, 0.05) is 62.9 Å². The van der Waals surface area contributed by atoms with Crippen LogP contribution in [0.15, 0.2) is 54.1 Å². The van der Waals surface area contributed by atoms with Crippen molar-refractivity contribution < 1.29 is 19.1 Å². The molecule has 7 nitrogen and oxygen atoms in total. The molecule has 2 atom stereocenters. The maximum Gasteiger partial charge on any atom is 0.338 e. The van der Waals surface area contributed by atoms with Crippen LogP contribution >= 0.6 is 11.6 Å². The van der Waals surface area contributed by atoms with Gasteiger partial charge in [-0.1, -0.05) is 36.2 Å². The number of piperidine rings is 1. The van der Waals surface area contributed by atoms with Gasteiger partial charge in [-0.25, -0.2) is 4.79 Å². The molecule has 2 aromatic carbocycles. The summed E-state index contributed by atoms with van der Waals surface area (Å²) >= 11 is 6.29. The highest BCUT2D eigenvalue weighted by Gasteiger charge is 2.36. The van der Waals surface area contributed by atoms with Crippen LogP contribution in [0.25, 0.3) is 5.57 Å². The second kappa shape index (κ2) is 15.6. The number of anilines is 1. The number of ether oxygens (including phenoxy) is 2. The third-order valence-corrected chi connectivity index (χ3v) is 10.1. The predicted octanol–water partition coefficient (Wildman–Crippen LogP) is 7.73. The van der Waals surface area contributed by atoms with E-state index in [9.17, 15) is 9.59 Å². The molecule has 47 heavy (non-hydrogen) atoms. The van der Waals surface area contributed by atoms with Crippen molar-refractivity contribution in [1.29, 1.82) is 0 Å². The second-order valence-electron chi connectivity index (χ2n) is 15.1. The second-order valence-corrected chi connectivity index (χ2v) is 15.6. The summed E-state index contributed by atoms with van der Waals surface area (Å²) < 4.78 is 10.8. The van der Waals surface area contributed by atoms with Gasteiger partial charge in [-0.2, -0.15) is 0 Å². The first kappa shape index (κ1) is 35.4. The predicted molar refractivity (Wildman–Crippen MR) is 191 cm³/mol. The summed E-state index contributed by atoms with van der Waals surface area (Å²) in [7, 11) is 0. The lowest BCUT2D eigenvalue weighted by Crippen LogP contribution is -2.48. The molecule has 2 fully saturated rings. The van der Waals surface area contributed by atoms with Crippen LogP contribution in [0.2, 0.25) is 5.02 Å². The number of hydrogen-bond donors (Lipinski definition) is 0. The third-order valence-electron chi connectivity index (χ3n) is 9.85. The minimum absolute atomic E-state index is 0.0696. The summed E-state index contributed by atoms with van der Waals surface area (Å²) in [5, 5.41) is 0.772. The van der Waals surface area contributed by atoms with Gasteiger partial charge in [0.15, 0.2) is 0 Å². The van der Waals surface area contributed by atoms with Crippen molar-refractivity contribution in [2.75, 3.05) is 63.9 Å². The van der Waals surface area contributed by atoms with Crippen LogP contribution in [0, 0.1) is 11.3 Å². The number of halogens is 1. The number of piperazine rings is 1. The van der Waals surface area contributed by atoms with Crippen molar-refractivity contribution in [3.05, 3.63) is 70.3 Å². The fourth-order valence-corrected chi connectivity index (χ4v) is 7.80. The molecule has 8 heteroatoms. The Kier molecular flexibility index (Phi) is 11.7. The van der Waals surface area contributed by atoms with E-state index in [2.05, 4.69) is 33.8 Å². The molecule has 1 unspecified atom stereocenters. The molecule has 5 rings (SSSR count). The zero-order valence-corrected chi connectivity index (χ0v) is 29.9. The number of carbonyl (C=O) groups excluding carboxylic acids is 2. The van der Waals surface area contributed by atoms with Crippen molar-refractivity contribution in [2.24, 2.45) is 11.3 Å². The van der Waals surface area contributed by atoms with Gasteiger partial charge in [0.05, 0.1) is 12.2 Å². The Hall–Kier alpha value is -2.87. The molecule has 0 saturated carbocycles. The molecule has 1 aliphatic carbocycles. The summed E-state index contributed by atoms with van der Waals surface area (Å²) in [6.45, 7) is 18.5. The van der Waals surface area contributed by atoms with E-state index in [-0.39, 0.29) is 17.4 Å². The molecule has 2 aliphatic heterocycles. The first-order valence-corrected chi connectivity index (χ1v) is 17.9. The molecule has 256 valence electrons. The number of benzene rings is 2. The summed E-state index contributed by atoms with van der Waals surface area (Å²) in [6, 6.07) is 16.2. The average molecular weight is 664 g/mol. The van der Waals surface area contributed by atoms with Crippen LogP contribution < -0.4 is 4.90 Å². The van der Waals surface area contributed by atoms with Crippen molar-refractivity contribution in [3.8, 4) is 0 Å². The van der Waals surface area contributed by atoms with Crippen molar-refractivity contribution in [2.45, 2.75) is 78.7 Å². The van der Waals surface area contributed by atoms with E-state index in [1.807, 2.05) is 64.1 Å². The fraction of sp³-hybridized carbons (Fsp3) is 0.590. The number of carbonyl (C=O) groups is 2. The van der Waals surface area contributed by atoms with E-state index in [0.717, 1.165) is 95.2 Å². The van der Waals surface area contributed by atoms with Crippen LogP contribution in [0.4, 0.5) is 5.69 Å². The van der Waals surface area contributed by atoms with Gasteiger partial charge < -0.3 is 19.3 Å². The topological polar surface area (TPSA) is 62.3 Å². The van der Waals surface area contributed by atoms with Gasteiger partial charge in [-0.15, -0.1) is 0 Å². The van der Waals surface area contributed by atoms with E-state index in [1.165, 1.54) is 11.1 Å². The van der Waals surface area contributed by atoms with Crippen molar-refractivity contribution >= 4 is 34.8 Å². The molecule has 2 heterocycles. The first-order valence-electron chi connectivity index (χ1n) is 17.6. The molecule has 0 bridgehead atoms. The molecule has 0 aromatic heterocycles. The smallest absolute Gasteiger partial charge is 0.338 e. The summed E-state index contributed by atoms with van der Waals surface area (Å²) in [5.41, 5.74) is 5.82. The maximum atomic E-state index is 12.6. The van der Waals surface area contributed by atoms with E-state index in [1.54, 1.807) is 5.57 Å². The van der Waals surface area contributed by atoms with E-state index < -0.39 is 5.60 Å². The number of allylic oxidation sites excluding steroid dienone is 1. The highest BCUT2D eigenvalue weighted by molar-refractivity contribution is 6.30. The van der Waals surface area contributed by atoms with Crippen LogP contribution in [0.3, 0.4) is 0 Å². The number of rotatable bonds is 10. The largest absolute Gasteiger partial charge is 0.462 e. The average Bonchev–Trinajstić information content (AvgIpc) is 3.01. The van der Waals surface area contributed by atoms with Crippen LogP contribution in [-0.2, 0) is 14.3 Å². The Morgan fingerprint density at radius 3 is 2.32 bits per heavy atom. The number of nitrogens with zero attached hydrogens (tertiary/aromatic N) is 3. The minimum atomic E-state index is -0.435. The van der Waals surface area contributed by atoms with Gasteiger partial charge in [0.2, 0.25) is 0 Å². The lowest BCUT2D eigenvalue weighted by Gasteiger charge is -2.44. The van der Waals surface area contributed by atoms with E-state index >= 15 is 0 Å². The maximum absolute atomic E-state index is 12.6. The van der Waals surface area contributed by atoms with Gasteiger partial charge in [0.25, 0.3) is 0 Å². The lowest BCUT2D eigenvalue weighted by molar-refractivity contribution is -0.156. The zero-order chi connectivity index (χ0) is 33.6. The number of likely N-dealkylation sites (tertiary alicyclic amines) is 1. The van der Waals surface area contributed by atoms with Gasteiger partial charge in [0.1, 0.15) is 5.60 Å². The van der Waals surface area contributed by atoms with Crippen LogP contribution in [0.5, 0.6) is 0 Å². The monoisotopic (exact) mass is 663 g/mol. The molecule has 2 saturated heterocycles. The molecule has 3 aliphatic rings. The van der Waals surface area contributed by atoms with Gasteiger partial charge in [-0.3, -0.25) is 9.69 Å². The lowest BCUT2D eigenvalue weighted by atomic mass is 9.70. The minimum Gasteiger partial charge on any atom is -0.462 e. The van der Waals surface area contributed by atoms with E-state index in [0.29, 0.717) is 24.5 Å². The van der Waals surface area contributed by atoms with Crippen molar-refractivity contribution in [3.63, 3.8) is 0 Å². The van der Waals surface area contributed by atoms with Crippen LogP contribution in [0.1, 0.15) is 89.1 Å². The molecule has 0 spiro atoms. The quantitative estimate of drug-likeness (QED) is 0.241. The van der Waals surface area contributed by atoms with Gasteiger partial charge >= 0.3 is 11.9 Å². The summed E-state index contributed by atoms with van der Waals surface area (Å²) in [6.07, 6.45) is 6.04. The first-order chi connectivity index (χ1) is 22.4. The number of esters is 2. The van der Waals surface area contributed by atoms with Crippen molar-refractivity contribution in [1.82, 2.24) is 9.80 Å². The molecule has 0 N–H and O–H groups in total. The Labute approximate surface area is 287 Å². The molecular weight excluding hydrogens is 610 g/mol. The zero-order valence-electron chi connectivity index (χ0n) is 29.2. The number of hydrogen-bond acceptors (Lipinski definition) is 7. The van der Waals surface area contributed by atoms with E-state index in [4.69, 9.17) is 21.1 Å². The third kappa shape index (κ3) is 10.1. The molecular formula is C39H54ClN3O4. The standard InChI is InChI=1S/C39H54ClN3O4/c1-6-46-37(45)31-11-15-34(16-12-31)43-22-20-41(21-23-43)27-32-25-39(5,18-17-35(32)30-9-13-33(40)14-10-30)28-42-19-7-8-29(26-42)24-36(44)47-38(2,3)4/h9-16,29H,6-8,17-28H2,1-5H3/t29-,39?/m1/s1. The molecule has 0 amide bonds. The summed E-state index contributed by atoms with van der Waals surface area (Å²) in [5.74, 6) is 0.0250. The van der Waals surface area contributed by atoms with Crippen LogP contribution in [-0.4, -0.2) is 86.3 Å². The fourth-order valence-electron chi connectivity index (χ4n) is 7.68. The highest BCUT2D eigenvalue weighted by Crippen LogP contribution is 2.44. The van der Waals surface area contributed by atoms with Gasteiger partial charge in [-0.05, 0) is 125 Å². The Bertz CT molecular complexity index is 1390. The Balaban J connectivity index is 1.23.